The van der Waals surface area contributed by atoms with Crippen molar-refractivity contribution >= 4 is 10.9 Å². The summed E-state index contributed by atoms with van der Waals surface area (Å²) >= 11 is 0. The largest absolute Gasteiger partial charge is 0.497 e. The van der Waals surface area contributed by atoms with Gasteiger partial charge in [-0.25, -0.2) is 0 Å². The standard InChI is InChI=1S/C20H26N2O2/c1-3-13-12-22-9-7-14(13)10-19(22)20(23)16-6-8-21-18-5-4-15(24-2)11-17(16)18/h4-6,8,11,13-14,19-20,23H,3,7,9-10,12H2,1-2H3/p+1/t13-,14+,19+,20+/m0/s1. The van der Waals surface area contributed by atoms with Crippen LogP contribution in [0.3, 0.4) is 0 Å². The van der Waals surface area contributed by atoms with Gasteiger partial charge in [0.2, 0.25) is 0 Å². The van der Waals surface area contributed by atoms with Gasteiger partial charge in [-0.1, -0.05) is 6.92 Å². The average molecular weight is 327 g/mol. The van der Waals surface area contributed by atoms with E-state index in [9.17, 15) is 5.11 Å². The normalized spacial score (nSPS) is 30.5. The zero-order valence-corrected chi connectivity index (χ0v) is 14.5. The van der Waals surface area contributed by atoms with E-state index in [0.717, 1.165) is 40.5 Å². The van der Waals surface area contributed by atoms with Crippen LogP contribution in [-0.2, 0) is 0 Å². The van der Waals surface area contributed by atoms with Crippen LogP contribution in [0.1, 0.15) is 37.9 Å². The van der Waals surface area contributed by atoms with Crippen molar-refractivity contribution in [2.24, 2.45) is 11.8 Å². The number of methoxy groups -OCH3 is 1. The fourth-order valence-electron chi connectivity index (χ4n) is 4.93. The van der Waals surface area contributed by atoms with Crippen LogP contribution in [0.25, 0.3) is 10.9 Å². The van der Waals surface area contributed by atoms with Crippen molar-refractivity contribution in [3.63, 3.8) is 0 Å². The van der Waals surface area contributed by atoms with Gasteiger partial charge in [-0.05, 0) is 42.2 Å². The average Bonchev–Trinajstić information content (AvgIpc) is 2.66. The zero-order valence-electron chi connectivity index (χ0n) is 14.5. The van der Waals surface area contributed by atoms with Gasteiger partial charge in [0, 0.05) is 30.3 Å². The second kappa shape index (κ2) is 6.34. The van der Waals surface area contributed by atoms with Crippen LogP contribution in [0.4, 0.5) is 0 Å². The molecule has 2 aromatic rings. The maximum absolute atomic E-state index is 11.2. The van der Waals surface area contributed by atoms with Crippen molar-refractivity contribution in [1.82, 2.24) is 4.98 Å². The molecule has 0 radical (unpaired) electrons. The number of nitrogens with zero attached hydrogens (tertiary/aromatic N) is 1. The van der Waals surface area contributed by atoms with Crippen LogP contribution in [0.15, 0.2) is 30.5 Å². The van der Waals surface area contributed by atoms with Gasteiger partial charge in [0.25, 0.3) is 0 Å². The molecule has 0 spiro atoms. The van der Waals surface area contributed by atoms with Crippen molar-refractivity contribution in [1.29, 1.82) is 0 Å². The van der Waals surface area contributed by atoms with Crippen LogP contribution >= 0.6 is 0 Å². The first-order valence-electron chi connectivity index (χ1n) is 9.16. The van der Waals surface area contributed by atoms with Gasteiger partial charge >= 0.3 is 0 Å². The molecule has 1 aromatic heterocycles. The summed E-state index contributed by atoms with van der Waals surface area (Å²) in [4.78, 5) is 6.03. The number of rotatable bonds is 4. The Balaban J connectivity index is 1.68. The highest BCUT2D eigenvalue weighted by Gasteiger charge is 2.46. The molecule has 4 nitrogen and oxygen atoms in total. The topological polar surface area (TPSA) is 46.8 Å². The van der Waals surface area contributed by atoms with E-state index in [4.69, 9.17) is 4.74 Å². The first-order valence-corrected chi connectivity index (χ1v) is 9.16. The Morgan fingerprint density at radius 1 is 1.38 bits per heavy atom. The molecule has 4 heterocycles. The number of nitrogens with one attached hydrogen (secondary N) is 1. The predicted octanol–water partition coefficient (Wildman–Crippen LogP) is 1.98. The first kappa shape index (κ1) is 15.9. The third-order valence-electron chi connectivity index (χ3n) is 6.31. The highest BCUT2D eigenvalue weighted by atomic mass is 16.5. The second-order valence-corrected chi connectivity index (χ2v) is 7.40. The molecule has 24 heavy (non-hydrogen) atoms. The van der Waals surface area contributed by atoms with Gasteiger partial charge in [0.15, 0.2) is 0 Å². The number of aromatic nitrogens is 1. The number of piperidine rings is 3. The summed E-state index contributed by atoms with van der Waals surface area (Å²) in [5.41, 5.74) is 1.92. The maximum Gasteiger partial charge on any atom is 0.131 e. The lowest BCUT2D eigenvalue weighted by molar-refractivity contribution is -0.950. The van der Waals surface area contributed by atoms with Crippen molar-refractivity contribution in [2.75, 3.05) is 20.2 Å². The maximum atomic E-state index is 11.2. The fraction of sp³-hybridized carbons (Fsp3) is 0.550. The molecule has 3 aliphatic heterocycles. The van der Waals surface area contributed by atoms with Crippen LogP contribution in [0, 0.1) is 11.8 Å². The monoisotopic (exact) mass is 327 g/mol. The van der Waals surface area contributed by atoms with E-state index in [2.05, 4.69) is 11.9 Å². The van der Waals surface area contributed by atoms with E-state index in [0.29, 0.717) is 6.04 Å². The summed E-state index contributed by atoms with van der Waals surface area (Å²) in [6.45, 7) is 4.73. The minimum Gasteiger partial charge on any atom is -0.497 e. The summed E-state index contributed by atoms with van der Waals surface area (Å²) in [6.07, 6.45) is 5.11. The highest BCUT2D eigenvalue weighted by Crippen LogP contribution is 2.35. The van der Waals surface area contributed by atoms with E-state index >= 15 is 0 Å². The summed E-state index contributed by atoms with van der Waals surface area (Å²) in [7, 11) is 1.68. The Morgan fingerprint density at radius 2 is 2.25 bits per heavy atom. The SMILES string of the molecule is CC[C@H]1C[NH+]2CC[C@@H]1C[C@@H]2[C@H](O)c1ccnc2ccc(OC)cc12. The molecular weight excluding hydrogens is 300 g/mol. The lowest BCUT2D eigenvalue weighted by atomic mass is 9.72. The number of fused-ring (bicyclic) bond motifs is 4. The van der Waals surface area contributed by atoms with Crippen molar-refractivity contribution in [3.8, 4) is 5.75 Å². The van der Waals surface area contributed by atoms with Crippen LogP contribution < -0.4 is 9.64 Å². The molecule has 0 amide bonds. The molecule has 0 saturated carbocycles. The van der Waals surface area contributed by atoms with E-state index in [1.807, 2.05) is 30.5 Å². The van der Waals surface area contributed by atoms with Crippen LogP contribution in [-0.4, -0.2) is 36.3 Å². The Bertz CT molecular complexity index is 733. The molecule has 1 unspecified atom stereocenters. The third-order valence-corrected chi connectivity index (χ3v) is 6.31. The number of ether oxygens (including phenoxy) is 1. The van der Waals surface area contributed by atoms with Crippen LogP contribution in [0.2, 0.25) is 0 Å². The molecule has 4 heteroatoms. The Hall–Kier alpha value is -1.65. The summed E-state index contributed by atoms with van der Waals surface area (Å²) in [5.74, 6) is 2.44. The van der Waals surface area contributed by atoms with Gasteiger partial charge in [-0.3, -0.25) is 4.98 Å². The summed E-state index contributed by atoms with van der Waals surface area (Å²) in [5, 5.41) is 12.2. The third kappa shape index (κ3) is 2.58. The van der Waals surface area contributed by atoms with Gasteiger partial charge in [0.05, 0.1) is 25.7 Å². The minimum atomic E-state index is -0.432. The molecule has 128 valence electrons. The molecule has 3 aliphatic rings. The molecule has 2 N–H and O–H groups in total. The number of pyridine rings is 1. The van der Waals surface area contributed by atoms with Crippen LogP contribution in [0.5, 0.6) is 5.75 Å². The van der Waals surface area contributed by atoms with Crippen molar-refractivity contribution < 1.29 is 14.7 Å². The summed E-state index contributed by atoms with van der Waals surface area (Å²) in [6, 6.07) is 8.18. The van der Waals surface area contributed by atoms with Gasteiger partial charge in [0.1, 0.15) is 17.9 Å². The number of aliphatic hydroxyl groups excluding tert-OH is 1. The molecular formula is C20H27N2O2+. The van der Waals surface area contributed by atoms with Gasteiger partial charge < -0.3 is 14.7 Å². The number of quaternary nitrogens is 1. The van der Waals surface area contributed by atoms with E-state index < -0.39 is 6.10 Å². The number of benzene rings is 1. The Morgan fingerprint density at radius 3 is 2.96 bits per heavy atom. The molecule has 0 aliphatic carbocycles. The fourth-order valence-corrected chi connectivity index (χ4v) is 4.93. The van der Waals surface area contributed by atoms with Gasteiger partial charge in [-0.15, -0.1) is 0 Å². The van der Waals surface area contributed by atoms with Crippen molar-refractivity contribution in [3.05, 3.63) is 36.0 Å². The molecule has 3 saturated heterocycles. The first-order chi connectivity index (χ1) is 11.7. The van der Waals surface area contributed by atoms with Gasteiger partial charge in [-0.2, -0.15) is 0 Å². The quantitative estimate of drug-likeness (QED) is 0.903. The molecule has 3 fully saturated rings. The minimum absolute atomic E-state index is 0.309. The summed E-state index contributed by atoms with van der Waals surface area (Å²) < 4.78 is 5.37. The molecule has 2 bridgehead atoms. The number of hydrogen-bond donors (Lipinski definition) is 2. The number of aliphatic hydroxyl groups is 1. The highest BCUT2D eigenvalue weighted by molar-refractivity contribution is 5.83. The van der Waals surface area contributed by atoms with E-state index in [1.165, 1.54) is 25.9 Å². The Labute approximate surface area is 143 Å². The Kier molecular flexibility index (Phi) is 4.19. The predicted molar refractivity (Wildman–Crippen MR) is 94.2 cm³/mol. The zero-order chi connectivity index (χ0) is 16.7. The smallest absolute Gasteiger partial charge is 0.131 e. The lowest BCUT2D eigenvalue weighted by Crippen LogP contribution is -3.20. The molecule has 5 rings (SSSR count). The molecule has 5 atom stereocenters. The lowest BCUT2D eigenvalue weighted by Gasteiger charge is -2.48. The van der Waals surface area contributed by atoms with Crippen molar-refractivity contribution in [2.45, 2.75) is 38.3 Å². The van der Waals surface area contributed by atoms with E-state index in [1.54, 1.807) is 12.0 Å². The second-order valence-electron chi connectivity index (χ2n) is 7.40. The molecule has 1 aromatic carbocycles. The number of hydrogen-bond acceptors (Lipinski definition) is 3. The van der Waals surface area contributed by atoms with E-state index in [-0.39, 0.29) is 0 Å².